The molecule has 3 nitrogen and oxygen atoms in total. The Morgan fingerprint density at radius 1 is 1.33 bits per heavy atom. The number of carbonyl (C=O) groups excluding carboxylic acids is 1. The fraction of sp³-hybridized carbons (Fsp3) is 0.500. The second kappa shape index (κ2) is 7.02. The van der Waals surface area contributed by atoms with Crippen molar-refractivity contribution >= 4 is 21.7 Å². The molecule has 0 bridgehead atoms. The summed E-state index contributed by atoms with van der Waals surface area (Å²) in [5, 5.41) is 0. The van der Waals surface area contributed by atoms with Crippen LogP contribution in [0.2, 0.25) is 0 Å². The van der Waals surface area contributed by atoms with Crippen LogP contribution in [0.25, 0.3) is 0 Å². The molecule has 0 spiro atoms. The van der Waals surface area contributed by atoms with Gasteiger partial charge in [0.25, 0.3) is 0 Å². The number of ketones is 1. The summed E-state index contributed by atoms with van der Waals surface area (Å²) in [6.07, 6.45) is 1.64. The molecule has 1 heterocycles. The highest BCUT2D eigenvalue weighted by Crippen LogP contribution is 2.13. The van der Waals surface area contributed by atoms with Crippen LogP contribution in [0.1, 0.15) is 23.2 Å². The topological polar surface area (TPSA) is 29.5 Å². The van der Waals surface area contributed by atoms with E-state index >= 15 is 0 Å². The number of benzene rings is 1. The molecule has 0 saturated carbocycles. The molecule has 0 radical (unpaired) electrons. The van der Waals surface area contributed by atoms with E-state index in [9.17, 15) is 4.79 Å². The number of hydrogen-bond donors (Lipinski definition) is 0. The van der Waals surface area contributed by atoms with Gasteiger partial charge in [0.05, 0.1) is 6.61 Å². The SMILES string of the molecule is O=C(CCN1CCCOCC1)c1cccc(Br)c1. The smallest absolute Gasteiger partial charge is 0.164 e. The lowest BCUT2D eigenvalue weighted by molar-refractivity contribution is 0.0960. The number of rotatable bonds is 4. The molecular weight excluding hydrogens is 294 g/mol. The van der Waals surface area contributed by atoms with Crippen LogP contribution in [-0.2, 0) is 4.74 Å². The molecule has 4 heteroatoms. The summed E-state index contributed by atoms with van der Waals surface area (Å²) in [7, 11) is 0. The van der Waals surface area contributed by atoms with Crippen LogP contribution in [0.15, 0.2) is 28.7 Å². The average Bonchev–Trinajstić information content (AvgIpc) is 2.64. The van der Waals surface area contributed by atoms with E-state index in [0.29, 0.717) is 6.42 Å². The molecule has 0 amide bonds. The quantitative estimate of drug-likeness (QED) is 0.801. The van der Waals surface area contributed by atoms with Crippen molar-refractivity contribution in [1.82, 2.24) is 4.90 Å². The summed E-state index contributed by atoms with van der Waals surface area (Å²) in [6, 6.07) is 7.59. The van der Waals surface area contributed by atoms with E-state index in [1.165, 1.54) is 0 Å². The van der Waals surface area contributed by atoms with Gasteiger partial charge in [-0.15, -0.1) is 0 Å². The maximum Gasteiger partial charge on any atom is 0.164 e. The number of ether oxygens (including phenoxy) is 1. The van der Waals surface area contributed by atoms with Crippen LogP contribution in [-0.4, -0.2) is 43.5 Å². The first-order chi connectivity index (χ1) is 8.75. The van der Waals surface area contributed by atoms with Crippen LogP contribution < -0.4 is 0 Å². The number of nitrogens with zero attached hydrogens (tertiary/aromatic N) is 1. The predicted octanol–water partition coefficient (Wildman–Crippen LogP) is 2.74. The van der Waals surface area contributed by atoms with Gasteiger partial charge < -0.3 is 9.64 Å². The Morgan fingerprint density at radius 3 is 3.06 bits per heavy atom. The second-order valence-corrected chi connectivity index (χ2v) is 5.41. The highest BCUT2D eigenvalue weighted by Gasteiger charge is 2.12. The second-order valence-electron chi connectivity index (χ2n) is 4.49. The summed E-state index contributed by atoms with van der Waals surface area (Å²) < 4.78 is 6.35. The molecule has 18 heavy (non-hydrogen) atoms. The fourth-order valence-corrected chi connectivity index (χ4v) is 2.49. The van der Waals surface area contributed by atoms with Gasteiger partial charge in [0.15, 0.2) is 5.78 Å². The van der Waals surface area contributed by atoms with Gasteiger partial charge in [0.2, 0.25) is 0 Å². The van der Waals surface area contributed by atoms with Gasteiger partial charge in [-0.05, 0) is 18.6 Å². The van der Waals surface area contributed by atoms with Gasteiger partial charge in [-0.3, -0.25) is 4.79 Å². The minimum Gasteiger partial charge on any atom is -0.380 e. The Labute approximate surface area is 116 Å². The summed E-state index contributed by atoms with van der Waals surface area (Å²) in [5.74, 6) is 0.210. The maximum atomic E-state index is 12.0. The molecule has 0 unspecified atom stereocenters. The van der Waals surface area contributed by atoms with E-state index in [2.05, 4.69) is 20.8 Å². The lowest BCUT2D eigenvalue weighted by Gasteiger charge is -2.18. The molecule has 0 aromatic heterocycles. The molecule has 0 atom stereocenters. The first-order valence-corrected chi connectivity index (χ1v) is 7.14. The summed E-state index contributed by atoms with van der Waals surface area (Å²) in [4.78, 5) is 14.4. The largest absolute Gasteiger partial charge is 0.380 e. The van der Waals surface area contributed by atoms with Crippen molar-refractivity contribution in [3.63, 3.8) is 0 Å². The molecule has 1 aliphatic heterocycles. The zero-order valence-corrected chi connectivity index (χ0v) is 12.0. The Bertz CT molecular complexity index is 401. The van der Waals surface area contributed by atoms with E-state index in [4.69, 9.17) is 4.74 Å². The highest BCUT2D eigenvalue weighted by molar-refractivity contribution is 9.10. The van der Waals surface area contributed by atoms with Crippen molar-refractivity contribution in [2.24, 2.45) is 0 Å². The summed E-state index contributed by atoms with van der Waals surface area (Å²) in [6.45, 7) is 4.42. The Kier molecular flexibility index (Phi) is 5.35. The first kappa shape index (κ1) is 13.7. The van der Waals surface area contributed by atoms with Crippen LogP contribution in [0.3, 0.4) is 0 Å². The van der Waals surface area contributed by atoms with Crippen molar-refractivity contribution in [3.8, 4) is 0 Å². The van der Waals surface area contributed by atoms with Gasteiger partial charge in [0, 0.05) is 42.7 Å². The predicted molar refractivity (Wildman–Crippen MR) is 75.0 cm³/mol. The van der Waals surface area contributed by atoms with Crippen LogP contribution in [0.5, 0.6) is 0 Å². The third-order valence-electron chi connectivity index (χ3n) is 3.12. The zero-order valence-electron chi connectivity index (χ0n) is 10.4. The summed E-state index contributed by atoms with van der Waals surface area (Å²) in [5.41, 5.74) is 0.787. The van der Waals surface area contributed by atoms with Crippen molar-refractivity contribution < 1.29 is 9.53 Å². The van der Waals surface area contributed by atoms with E-state index < -0.39 is 0 Å². The van der Waals surface area contributed by atoms with E-state index in [1.807, 2.05) is 24.3 Å². The molecule has 98 valence electrons. The fourth-order valence-electron chi connectivity index (χ4n) is 2.09. The van der Waals surface area contributed by atoms with Gasteiger partial charge >= 0.3 is 0 Å². The molecule has 1 aliphatic rings. The standard InChI is InChI=1S/C14H18BrNO2/c15-13-4-1-3-12(11-13)14(17)5-7-16-6-2-9-18-10-8-16/h1,3-4,11H,2,5-10H2. The molecule has 1 fully saturated rings. The zero-order chi connectivity index (χ0) is 12.8. The van der Waals surface area contributed by atoms with E-state index in [0.717, 1.165) is 49.3 Å². The Hall–Kier alpha value is -0.710. The number of halogens is 1. The van der Waals surface area contributed by atoms with Crippen molar-refractivity contribution in [1.29, 1.82) is 0 Å². The average molecular weight is 312 g/mol. The van der Waals surface area contributed by atoms with Crippen LogP contribution in [0.4, 0.5) is 0 Å². The molecule has 2 rings (SSSR count). The van der Waals surface area contributed by atoms with Crippen LogP contribution in [0, 0.1) is 0 Å². The monoisotopic (exact) mass is 311 g/mol. The molecule has 1 aromatic carbocycles. The lowest BCUT2D eigenvalue weighted by Crippen LogP contribution is -2.28. The van der Waals surface area contributed by atoms with Gasteiger partial charge in [-0.1, -0.05) is 28.1 Å². The minimum absolute atomic E-state index is 0.210. The maximum absolute atomic E-state index is 12.0. The van der Waals surface area contributed by atoms with Crippen molar-refractivity contribution in [2.75, 3.05) is 32.8 Å². The van der Waals surface area contributed by atoms with Crippen molar-refractivity contribution in [2.45, 2.75) is 12.8 Å². The first-order valence-electron chi connectivity index (χ1n) is 6.34. The molecule has 0 N–H and O–H groups in total. The van der Waals surface area contributed by atoms with Gasteiger partial charge in [0.1, 0.15) is 0 Å². The molecule has 0 aliphatic carbocycles. The minimum atomic E-state index is 0.210. The Balaban J connectivity index is 1.84. The lowest BCUT2D eigenvalue weighted by atomic mass is 10.1. The third kappa shape index (κ3) is 4.19. The van der Waals surface area contributed by atoms with Gasteiger partial charge in [-0.2, -0.15) is 0 Å². The normalized spacial score (nSPS) is 17.4. The number of hydrogen-bond acceptors (Lipinski definition) is 3. The van der Waals surface area contributed by atoms with E-state index in [-0.39, 0.29) is 5.78 Å². The number of Topliss-reactive ketones (excluding diaryl/α,β-unsaturated/α-hetero) is 1. The highest BCUT2D eigenvalue weighted by atomic mass is 79.9. The molecular formula is C14H18BrNO2. The van der Waals surface area contributed by atoms with E-state index in [1.54, 1.807) is 0 Å². The molecule has 1 aromatic rings. The number of carbonyl (C=O) groups is 1. The third-order valence-corrected chi connectivity index (χ3v) is 3.61. The van der Waals surface area contributed by atoms with Crippen molar-refractivity contribution in [3.05, 3.63) is 34.3 Å². The Morgan fingerprint density at radius 2 is 2.22 bits per heavy atom. The molecule has 1 saturated heterocycles. The summed E-state index contributed by atoms with van der Waals surface area (Å²) >= 11 is 3.39. The van der Waals surface area contributed by atoms with Gasteiger partial charge in [-0.25, -0.2) is 0 Å². The van der Waals surface area contributed by atoms with Crippen LogP contribution >= 0.6 is 15.9 Å².